The lowest BCUT2D eigenvalue weighted by molar-refractivity contribution is -0.0730. The Balaban J connectivity index is 1.78. The van der Waals surface area contributed by atoms with Gasteiger partial charge >= 0.3 is 0 Å². The zero-order chi connectivity index (χ0) is 22.6. The predicted octanol–water partition coefficient (Wildman–Crippen LogP) is 5.30. The van der Waals surface area contributed by atoms with E-state index in [0.29, 0.717) is 6.61 Å². The van der Waals surface area contributed by atoms with Gasteiger partial charge in [0.25, 0.3) is 0 Å². The van der Waals surface area contributed by atoms with Crippen LogP contribution in [-0.4, -0.2) is 59.6 Å². The van der Waals surface area contributed by atoms with Crippen LogP contribution < -0.4 is 0 Å². The lowest BCUT2D eigenvalue weighted by Crippen LogP contribution is -2.41. The molecule has 0 bridgehead atoms. The molecule has 1 saturated heterocycles. The molecule has 0 aliphatic carbocycles. The van der Waals surface area contributed by atoms with E-state index in [1.807, 2.05) is 0 Å². The molecule has 0 amide bonds. The van der Waals surface area contributed by atoms with Gasteiger partial charge in [0.2, 0.25) is 0 Å². The second-order valence-corrected chi connectivity index (χ2v) is 9.09. The van der Waals surface area contributed by atoms with Crippen LogP contribution in [0, 0.1) is 0 Å². The van der Waals surface area contributed by atoms with E-state index < -0.39 is 31.0 Å². The predicted molar refractivity (Wildman–Crippen MR) is 127 cm³/mol. The van der Waals surface area contributed by atoms with Crippen LogP contribution in [0.2, 0.25) is 0 Å². The Kier molecular flexibility index (Phi) is 18.6. The minimum Gasteiger partial charge on any atom is -0.394 e. The van der Waals surface area contributed by atoms with E-state index in [4.69, 9.17) is 14.6 Å². The van der Waals surface area contributed by atoms with Crippen molar-refractivity contribution in [2.45, 2.75) is 134 Å². The molecule has 31 heavy (non-hydrogen) atoms. The van der Waals surface area contributed by atoms with E-state index in [9.17, 15) is 10.2 Å². The highest BCUT2D eigenvalue weighted by Gasteiger charge is 2.40. The van der Waals surface area contributed by atoms with Gasteiger partial charge in [-0.2, -0.15) is 0 Å². The molecule has 0 saturated carbocycles. The molecule has 0 aromatic rings. The largest absolute Gasteiger partial charge is 0.394 e. The first-order chi connectivity index (χ1) is 15.2. The molecular formula is C26H50O5. The molecule has 1 aliphatic rings. The average Bonchev–Trinajstić information content (AvgIpc) is 3.15. The van der Waals surface area contributed by atoms with Gasteiger partial charge in [-0.05, 0) is 32.1 Å². The van der Waals surface area contributed by atoms with Crippen molar-refractivity contribution in [1.82, 2.24) is 0 Å². The molecule has 1 fully saturated rings. The molecule has 5 heteroatoms. The molecule has 1 rings (SSSR count). The summed E-state index contributed by atoms with van der Waals surface area (Å²) in [4.78, 5) is 0. The summed E-state index contributed by atoms with van der Waals surface area (Å²) in [6, 6.07) is 0. The van der Waals surface area contributed by atoms with Crippen molar-refractivity contribution in [1.29, 1.82) is 0 Å². The summed E-state index contributed by atoms with van der Waals surface area (Å²) in [5, 5.41) is 28.6. The van der Waals surface area contributed by atoms with Crippen LogP contribution in [0.1, 0.15) is 110 Å². The lowest BCUT2D eigenvalue weighted by Gasteiger charge is -2.20. The maximum Gasteiger partial charge on any atom is 0.114 e. The first-order valence-electron chi connectivity index (χ1n) is 13.1. The van der Waals surface area contributed by atoms with Gasteiger partial charge in [-0.25, -0.2) is 0 Å². The van der Waals surface area contributed by atoms with E-state index in [1.165, 1.54) is 89.9 Å². The van der Waals surface area contributed by atoms with Crippen molar-refractivity contribution in [3.63, 3.8) is 0 Å². The van der Waals surface area contributed by atoms with Gasteiger partial charge in [0.05, 0.1) is 13.2 Å². The van der Waals surface area contributed by atoms with Gasteiger partial charge < -0.3 is 24.8 Å². The highest BCUT2D eigenvalue weighted by Crippen LogP contribution is 2.20. The van der Waals surface area contributed by atoms with Crippen LogP contribution in [0.15, 0.2) is 12.2 Å². The smallest absolute Gasteiger partial charge is 0.114 e. The summed E-state index contributed by atoms with van der Waals surface area (Å²) in [5.41, 5.74) is 0. The van der Waals surface area contributed by atoms with Crippen LogP contribution in [-0.2, 0) is 9.47 Å². The maximum atomic E-state index is 10.1. The Labute approximate surface area is 191 Å². The number of hydrogen-bond donors (Lipinski definition) is 3. The molecular weight excluding hydrogens is 392 g/mol. The van der Waals surface area contributed by atoms with E-state index >= 15 is 0 Å². The zero-order valence-corrected chi connectivity index (χ0v) is 20.1. The molecule has 0 spiro atoms. The summed E-state index contributed by atoms with van der Waals surface area (Å²) in [5.74, 6) is 0. The summed E-state index contributed by atoms with van der Waals surface area (Å²) in [6.07, 6.45) is 22.4. The van der Waals surface area contributed by atoms with Gasteiger partial charge in [0.1, 0.15) is 24.4 Å². The van der Waals surface area contributed by atoms with Gasteiger partial charge in [-0.3, -0.25) is 0 Å². The lowest BCUT2D eigenvalue weighted by atomic mass is 10.0. The van der Waals surface area contributed by atoms with Crippen LogP contribution in [0.4, 0.5) is 0 Å². The molecule has 0 unspecified atom stereocenters. The van der Waals surface area contributed by atoms with E-state index in [0.717, 1.165) is 12.8 Å². The first kappa shape index (κ1) is 28.6. The third-order valence-electron chi connectivity index (χ3n) is 6.22. The van der Waals surface area contributed by atoms with E-state index in [1.54, 1.807) is 0 Å². The van der Waals surface area contributed by atoms with E-state index in [-0.39, 0.29) is 6.61 Å². The standard InChI is InChI=1S/C26H50O5/c1-2-3-4-5-6-7-8-9-10-11-12-13-14-15-16-17-18-19-20-30-24-22-31-26(25(24)29)23(28)21-27/h6-7,23-29H,2-5,8-22H2,1H3/b7-6+/t23-,24+,25-,26-/m1/s1. The number of rotatable bonds is 21. The first-order valence-corrected chi connectivity index (χ1v) is 13.1. The number of hydrogen-bond acceptors (Lipinski definition) is 5. The van der Waals surface area contributed by atoms with Gasteiger partial charge in [0, 0.05) is 6.61 Å². The second-order valence-electron chi connectivity index (χ2n) is 9.09. The van der Waals surface area contributed by atoms with Crippen LogP contribution in [0.5, 0.6) is 0 Å². The fraction of sp³-hybridized carbons (Fsp3) is 0.923. The SMILES string of the molecule is CCCCC/C=C/CCCCCCCCCCCCCO[C@H]1CO[C@H]([C@H](O)CO)[C@@H]1O. The summed E-state index contributed by atoms with van der Waals surface area (Å²) in [6.45, 7) is 2.73. The van der Waals surface area contributed by atoms with Crippen LogP contribution >= 0.6 is 0 Å². The summed E-state index contributed by atoms with van der Waals surface area (Å²) in [7, 11) is 0. The van der Waals surface area contributed by atoms with Crippen molar-refractivity contribution in [2.24, 2.45) is 0 Å². The number of ether oxygens (including phenoxy) is 2. The highest BCUT2D eigenvalue weighted by atomic mass is 16.6. The normalized spacial score (nSPS) is 22.5. The van der Waals surface area contributed by atoms with Gasteiger partial charge in [-0.1, -0.05) is 89.7 Å². The molecule has 3 N–H and O–H groups in total. The fourth-order valence-corrected chi connectivity index (χ4v) is 4.14. The fourth-order valence-electron chi connectivity index (χ4n) is 4.14. The molecule has 0 aromatic heterocycles. The monoisotopic (exact) mass is 442 g/mol. The van der Waals surface area contributed by atoms with Crippen molar-refractivity contribution < 1.29 is 24.8 Å². The Bertz CT molecular complexity index is 415. The molecule has 5 nitrogen and oxygen atoms in total. The molecule has 1 heterocycles. The maximum absolute atomic E-state index is 10.1. The van der Waals surface area contributed by atoms with Crippen molar-refractivity contribution in [3.05, 3.63) is 12.2 Å². The van der Waals surface area contributed by atoms with E-state index in [2.05, 4.69) is 19.1 Å². The van der Waals surface area contributed by atoms with Crippen LogP contribution in [0.3, 0.4) is 0 Å². The van der Waals surface area contributed by atoms with Gasteiger partial charge in [0.15, 0.2) is 0 Å². The minimum absolute atomic E-state index is 0.276. The molecule has 0 radical (unpaired) electrons. The zero-order valence-electron chi connectivity index (χ0n) is 20.1. The molecule has 1 aliphatic heterocycles. The quantitative estimate of drug-likeness (QED) is 0.166. The molecule has 0 aromatic carbocycles. The second kappa shape index (κ2) is 20.2. The Morgan fingerprint density at radius 1 is 0.839 bits per heavy atom. The third-order valence-corrected chi connectivity index (χ3v) is 6.22. The Morgan fingerprint density at radius 2 is 1.35 bits per heavy atom. The molecule has 184 valence electrons. The molecule has 4 atom stereocenters. The number of aliphatic hydroxyl groups is 3. The average molecular weight is 443 g/mol. The Hall–Kier alpha value is -0.460. The Morgan fingerprint density at radius 3 is 1.90 bits per heavy atom. The van der Waals surface area contributed by atoms with Gasteiger partial charge in [-0.15, -0.1) is 0 Å². The summed E-state index contributed by atoms with van der Waals surface area (Å²) >= 11 is 0. The van der Waals surface area contributed by atoms with Crippen LogP contribution in [0.25, 0.3) is 0 Å². The van der Waals surface area contributed by atoms with Crippen molar-refractivity contribution in [3.8, 4) is 0 Å². The van der Waals surface area contributed by atoms with Crippen molar-refractivity contribution in [2.75, 3.05) is 19.8 Å². The number of allylic oxidation sites excluding steroid dienone is 2. The number of aliphatic hydroxyl groups excluding tert-OH is 3. The highest BCUT2D eigenvalue weighted by molar-refractivity contribution is 4.88. The minimum atomic E-state index is -1.05. The van der Waals surface area contributed by atoms with Crippen molar-refractivity contribution >= 4 is 0 Å². The number of unbranched alkanes of at least 4 members (excludes halogenated alkanes) is 14. The summed E-state index contributed by atoms with van der Waals surface area (Å²) < 4.78 is 11.0. The topological polar surface area (TPSA) is 79.2 Å². The third kappa shape index (κ3) is 14.3.